The number of aromatic nitrogens is 2. The van der Waals surface area contributed by atoms with E-state index in [-0.39, 0.29) is 10.8 Å². The van der Waals surface area contributed by atoms with Crippen molar-refractivity contribution in [3.63, 3.8) is 0 Å². The van der Waals surface area contributed by atoms with Gasteiger partial charge in [0.1, 0.15) is 4.90 Å². The van der Waals surface area contributed by atoms with E-state index in [4.69, 9.17) is 0 Å². The summed E-state index contributed by atoms with van der Waals surface area (Å²) in [6, 6.07) is 3.61. The van der Waals surface area contributed by atoms with E-state index < -0.39 is 10.0 Å². The Morgan fingerprint density at radius 2 is 2.05 bits per heavy atom. The SMILES string of the molecule is O=C(c1cccs1)N1CCN(S(=O)(=O)c2cn[nH]c2)CC1. The Morgan fingerprint density at radius 3 is 2.62 bits per heavy atom. The summed E-state index contributed by atoms with van der Waals surface area (Å²) in [7, 11) is -3.52. The number of amides is 1. The maximum absolute atomic E-state index is 12.3. The highest BCUT2D eigenvalue weighted by atomic mass is 32.2. The minimum Gasteiger partial charge on any atom is -0.335 e. The number of carbonyl (C=O) groups excluding carboxylic acids is 1. The second-order valence-electron chi connectivity index (χ2n) is 4.61. The number of aromatic amines is 1. The topological polar surface area (TPSA) is 86.4 Å². The number of hydrogen-bond acceptors (Lipinski definition) is 5. The maximum atomic E-state index is 12.3. The number of H-pyrrole nitrogens is 1. The monoisotopic (exact) mass is 326 g/mol. The van der Waals surface area contributed by atoms with Crippen molar-refractivity contribution in [1.82, 2.24) is 19.4 Å². The number of nitrogens with one attached hydrogen (secondary N) is 1. The van der Waals surface area contributed by atoms with Crippen molar-refractivity contribution in [2.45, 2.75) is 4.90 Å². The quantitative estimate of drug-likeness (QED) is 0.896. The zero-order chi connectivity index (χ0) is 14.9. The Balaban J connectivity index is 1.67. The molecule has 2 aromatic rings. The lowest BCUT2D eigenvalue weighted by molar-refractivity contribution is 0.0703. The van der Waals surface area contributed by atoms with Gasteiger partial charge in [0, 0.05) is 32.4 Å². The predicted octanol–water partition coefficient (Wildman–Crippen LogP) is 0.618. The van der Waals surface area contributed by atoms with Crippen molar-refractivity contribution in [2.75, 3.05) is 26.2 Å². The molecule has 21 heavy (non-hydrogen) atoms. The molecule has 0 atom stereocenters. The fraction of sp³-hybridized carbons (Fsp3) is 0.333. The molecule has 3 rings (SSSR count). The van der Waals surface area contributed by atoms with E-state index in [1.807, 2.05) is 11.4 Å². The van der Waals surface area contributed by atoms with Gasteiger partial charge in [0.15, 0.2) is 0 Å². The number of carbonyl (C=O) groups is 1. The van der Waals surface area contributed by atoms with Gasteiger partial charge in [0.05, 0.1) is 11.1 Å². The van der Waals surface area contributed by atoms with Crippen LogP contribution >= 0.6 is 11.3 Å². The fourth-order valence-electron chi connectivity index (χ4n) is 2.22. The van der Waals surface area contributed by atoms with E-state index >= 15 is 0 Å². The Labute approximate surface area is 126 Å². The summed E-state index contributed by atoms with van der Waals surface area (Å²) in [5.74, 6) is -0.0367. The molecule has 0 aliphatic carbocycles. The molecule has 0 saturated carbocycles. The summed E-state index contributed by atoms with van der Waals surface area (Å²) in [5.41, 5.74) is 0. The molecule has 0 spiro atoms. The van der Waals surface area contributed by atoms with Gasteiger partial charge in [-0.2, -0.15) is 9.40 Å². The van der Waals surface area contributed by atoms with Crippen LogP contribution in [0, 0.1) is 0 Å². The molecule has 1 fully saturated rings. The molecule has 0 bridgehead atoms. The van der Waals surface area contributed by atoms with E-state index in [0.29, 0.717) is 31.1 Å². The summed E-state index contributed by atoms with van der Waals surface area (Å²) in [4.78, 5) is 14.7. The Hall–Kier alpha value is -1.71. The highest BCUT2D eigenvalue weighted by molar-refractivity contribution is 7.89. The van der Waals surface area contributed by atoms with Crippen LogP contribution in [-0.4, -0.2) is 59.9 Å². The van der Waals surface area contributed by atoms with Gasteiger partial charge in [-0.05, 0) is 11.4 Å². The van der Waals surface area contributed by atoms with Crippen LogP contribution in [-0.2, 0) is 10.0 Å². The molecule has 1 saturated heterocycles. The first kappa shape index (κ1) is 14.2. The van der Waals surface area contributed by atoms with Crippen molar-refractivity contribution < 1.29 is 13.2 Å². The van der Waals surface area contributed by atoms with E-state index in [1.165, 1.54) is 28.0 Å². The third-order valence-corrected chi connectivity index (χ3v) is 6.09. The highest BCUT2D eigenvalue weighted by Gasteiger charge is 2.31. The third-order valence-electron chi connectivity index (χ3n) is 3.37. The van der Waals surface area contributed by atoms with Gasteiger partial charge in [0.2, 0.25) is 10.0 Å². The van der Waals surface area contributed by atoms with Gasteiger partial charge in [-0.3, -0.25) is 9.89 Å². The van der Waals surface area contributed by atoms with Crippen molar-refractivity contribution in [3.05, 3.63) is 34.8 Å². The highest BCUT2D eigenvalue weighted by Crippen LogP contribution is 2.18. The Kier molecular flexibility index (Phi) is 3.79. The van der Waals surface area contributed by atoms with Crippen molar-refractivity contribution in [1.29, 1.82) is 0 Å². The fourth-order valence-corrected chi connectivity index (χ4v) is 4.24. The van der Waals surface area contributed by atoms with Gasteiger partial charge in [-0.25, -0.2) is 8.42 Å². The van der Waals surface area contributed by atoms with Crippen LogP contribution in [0.15, 0.2) is 34.8 Å². The molecule has 112 valence electrons. The van der Waals surface area contributed by atoms with E-state index in [0.717, 1.165) is 0 Å². The second-order valence-corrected chi connectivity index (χ2v) is 7.49. The van der Waals surface area contributed by atoms with Crippen molar-refractivity contribution in [2.24, 2.45) is 0 Å². The molecular weight excluding hydrogens is 312 g/mol. The largest absolute Gasteiger partial charge is 0.335 e. The van der Waals surface area contributed by atoms with Crippen LogP contribution in [0.3, 0.4) is 0 Å². The molecule has 3 heterocycles. The van der Waals surface area contributed by atoms with Crippen LogP contribution in [0.4, 0.5) is 0 Å². The number of piperazine rings is 1. The Bertz CT molecular complexity index is 702. The lowest BCUT2D eigenvalue weighted by Crippen LogP contribution is -2.50. The number of nitrogens with zero attached hydrogens (tertiary/aromatic N) is 3. The molecule has 1 aliphatic rings. The number of thiophene rings is 1. The summed E-state index contributed by atoms with van der Waals surface area (Å²) in [6.45, 7) is 1.39. The number of hydrogen-bond donors (Lipinski definition) is 1. The van der Waals surface area contributed by atoms with E-state index in [2.05, 4.69) is 10.2 Å². The normalized spacial score (nSPS) is 17.0. The minimum absolute atomic E-state index is 0.0367. The zero-order valence-electron chi connectivity index (χ0n) is 11.1. The summed E-state index contributed by atoms with van der Waals surface area (Å²) in [6.07, 6.45) is 2.65. The van der Waals surface area contributed by atoms with Crippen molar-refractivity contribution in [3.8, 4) is 0 Å². The lowest BCUT2D eigenvalue weighted by Gasteiger charge is -2.33. The molecule has 7 nitrogen and oxygen atoms in total. The average molecular weight is 326 g/mol. The van der Waals surface area contributed by atoms with E-state index in [1.54, 1.807) is 11.0 Å². The summed E-state index contributed by atoms with van der Waals surface area (Å²) < 4.78 is 26.0. The van der Waals surface area contributed by atoms with Crippen LogP contribution < -0.4 is 0 Å². The van der Waals surface area contributed by atoms with Gasteiger partial charge in [0.25, 0.3) is 5.91 Å². The van der Waals surface area contributed by atoms with Crippen LogP contribution in [0.5, 0.6) is 0 Å². The molecule has 1 amide bonds. The molecule has 9 heteroatoms. The first-order valence-corrected chi connectivity index (χ1v) is 8.73. The second kappa shape index (κ2) is 5.58. The maximum Gasteiger partial charge on any atom is 0.264 e. The number of rotatable bonds is 3. The van der Waals surface area contributed by atoms with Gasteiger partial charge in [-0.1, -0.05) is 6.07 Å². The Morgan fingerprint density at radius 1 is 1.29 bits per heavy atom. The third kappa shape index (κ3) is 2.71. The molecule has 1 aliphatic heterocycles. The molecule has 2 aromatic heterocycles. The van der Waals surface area contributed by atoms with Crippen LogP contribution in [0.1, 0.15) is 9.67 Å². The summed E-state index contributed by atoms with van der Waals surface area (Å²) in [5, 5.41) is 8.02. The van der Waals surface area contributed by atoms with Gasteiger partial charge < -0.3 is 4.90 Å². The first-order valence-electron chi connectivity index (χ1n) is 6.41. The van der Waals surface area contributed by atoms with Crippen LogP contribution in [0.25, 0.3) is 0 Å². The van der Waals surface area contributed by atoms with Crippen molar-refractivity contribution >= 4 is 27.3 Å². The first-order chi connectivity index (χ1) is 10.1. The minimum atomic E-state index is -3.52. The molecule has 0 radical (unpaired) electrons. The standard InChI is InChI=1S/C12H14N4O3S2/c17-12(11-2-1-7-20-11)15-3-5-16(6-4-15)21(18,19)10-8-13-14-9-10/h1-2,7-9H,3-6H2,(H,13,14). The van der Waals surface area contributed by atoms with Gasteiger partial charge in [-0.15, -0.1) is 11.3 Å². The molecule has 1 N–H and O–H groups in total. The number of sulfonamides is 1. The lowest BCUT2D eigenvalue weighted by atomic mass is 10.3. The average Bonchev–Trinajstić information content (AvgIpc) is 3.19. The van der Waals surface area contributed by atoms with Crippen LogP contribution in [0.2, 0.25) is 0 Å². The predicted molar refractivity (Wildman–Crippen MR) is 77.6 cm³/mol. The smallest absolute Gasteiger partial charge is 0.264 e. The van der Waals surface area contributed by atoms with Gasteiger partial charge >= 0.3 is 0 Å². The molecule has 0 unspecified atom stereocenters. The van der Waals surface area contributed by atoms with E-state index in [9.17, 15) is 13.2 Å². The molecular formula is C12H14N4O3S2. The summed E-state index contributed by atoms with van der Waals surface area (Å²) >= 11 is 1.39. The zero-order valence-corrected chi connectivity index (χ0v) is 12.7. The molecule has 0 aromatic carbocycles.